The topological polar surface area (TPSA) is 101 Å². The van der Waals surface area contributed by atoms with E-state index in [0.717, 1.165) is 5.56 Å². The van der Waals surface area contributed by atoms with Crippen LogP contribution in [0.3, 0.4) is 0 Å². The van der Waals surface area contributed by atoms with Gasteiger partial charge in [-0.2, -0.15) is 5.10 Å². The summed E-state index contributed by atoms with van der Waals surface area (Å²) >= 11 is 0. The van der Waals surface area contributed by atoms with E-state index in [1.165, 1.54) is 0 Å². The van der Waals surface area contributed by atoms with Crippen molar-refractivity contribution in [2.24, 2.45) is 5.10 Å². The predicted octanol–water partition coefficient (Wildman–Crippen LogP) is 2.11. The van der Waals surface area contributed by atoms with Gasteiger partial charge >= 0.3 is 0 Å². The molecule has 8 heteroatoms. The number of H-pyrrole nitrogens is 1. The van der Waals surface area contributed by atoms with Crippen LogP contribution in [0.4, 0.5) is 5.95 Å². The summed E-state index contributed by atoms with van der Waals surface area (Å²) < 4.78 is 11.1. The summed E-state index contributed by atoms with van der Waals surface area (Å²) in [4.78, 5) is 14.0. The Balaban J connectivity index is 2.21. The first-order chi connectivity index (χ1) is 11.5. The van der Waals surface area contributed by atoms with Crippen LogP contribution < -0.4 is 20.5 Å². The lowest BCUT2D eigenvalue weighted by Gasteiger charge is -2.12. The molecule has 2 rings (SSSR count). The fourth-order valence-corrected chi connectivity index (χ4v) is 1.92. The van der Waals surface area contributed by atoms with Gasteiger partial charge in [0, 0.05) is 5.56 Å². The van der Waals surface area contributed by atoms with Crippen molar-refractivity contribution >= 4 is 11.7 Å². The van der Waals surface area contributed by atoms with Crippen molar-refractivity contribution in [3.8, 4) is 11.5 Å². The molecule has 0 aliphatic carbocycles. The van der Waals surface area contributed by atoms with E-state index < -0.39 is 0 Å². The van der Waals surface area contributed by atoms with Gasteiger partial charge in [-0.1, -0.05) is 0 Å². The number of hydrogen-bond donors (Lipinski definition) is 2. The lowest BCUT2D eigenvalue weighted by molar-refractivity contribution is 0.287. The first-order valence-electron chi connectivity index (χ1n) is 7.69. The van der Waals surface area contributed by atoms with Crippen LogP contribution in [0.5, 0.6) is 11.5 Å². The highest BCUT2D eigenvalue weighted by molar-refractivity contribution is 5.99. The van der Waals surface area contributed by atoms with Crippen LogP contribution in [0.1, 0.15) is 32.0 Å². The first-order valence-corrected chi connectivity index (χ1v) is 7.69. The van der Waals surface area contributed by atoms with E-state index >= 15 is 0 Å². The van der Waals surface area contributed by atoms with Gasteiger partial charge in [-0.05, 0) is 45.9 Å². The molecule has 2 N–H and O–H groups in total. The van der Waals surface area contributed by atoms with Crippen molar-refractivity contribution in [2.45, 2.75) is 27.7 Å². The summed E-state index contributed by atoms with van der Waals surface area (Å²) in [5, 5.41) is 11.8. The highest BCUT2D eigenvalue weighted by atomic mass is 16.5. The number of aromatic amines is 1. The number of benzene rings is 1. The molecular formula is C16H21N5O3. The summed E-state index contributed by atoms with van der Waals surface area (Å²) in [5.41, 5.74) is 4.24. The van der Waals surface area contributed by atoms with E-state index in [1.807, 2.05) is 39.0 Å². The standard InChI is InChI=1S/C16H21N5O3/c1-5-23-13-8-7-12(9-14(13)24-6-2)10(3)18-20-16-17-15(22)11(4)19-21-16/h7-9H,5-6H2,1-4H3,(H2,17,20,21,22)/b18-10-. The zero-order chi connectivity index (χ0) is 17.5. The van der Waals surface area contributed by atoms with Gasteiger partial charge in [-0.15, -0.1) is 10.2 Å². The Bertz CT molecular complexity index is 786. The van der Waals surface area contributed by atoms with Crippen LogP contribution in [0, 0.1) is 6.92 Å². The SMILES string of the molecule is CCOc1ccc(/C(C)=N\Nc2nnc(C)c(=O)[nH]2)cc1OCC. The van der Waals surface area contributed by atoms with E-state index in [2.05, 4.69) is 25.7 Å². The quantitative estimate of drug-likeness (QED) is 0.595. The maximum atomic E-state index is 11.5. The highest BCUT2D eigenvalue weighted by Gasteiger charge is 2.08. The second-order valence-corrected chi connectivity index (χ2v) is 4.92. The normalized spacial score (nSPS) is 11.2. The lowest BCUT2D eigenvalue weighted by atomic mass is 10.1. The number of aromatic nitrogens is 3. The maximum absolute atomic E-state index is 11.5. The fraction of sp³-hybridized carbons (Fsp3) is 0.375. The molecule has 0 radical (unpaired) electrons. The summed E-state index contributed by atoms with van der Waals surface area (Å²) in [6, 6.07) is 5.59. The summed E-state index contributed by atoms with van der Waals surface area (Å²) in [6.07, 6.45) is 0. The molecule has 128 valence electrons. The molecule has 0 bridgehead atoms. The fourth-order valence-electron chi connectivity index (χ4n) is 1.92. The van der Waals surface area contributed by atoms with Gasteiger partial charge < -0.3 is 9.47 Å². The molecule has 1 aromatic carbocycles. The Labute approximate surface area is 139 Å². The van der Waals surface area contributed by atoms with Crippen LogP contribution in [0.15, 0.2) is 28.1 Å². The third-order valence-corrected chi connectivity index (χ3v) is 3.15. The third-order valence-electron chi connectivity index (χ3n) is 3.15. The van der Waals surface area contributed by atoms with Crippen molar-refractivity contribution < 1.29 is 9.47 Å². The lowest BCUT2D eigenvalue weighted by Crippen LogP contribution is -2.16. The van der Waals surface area contributed by atoms with E-state index in [4.69, 9.17) is 9.47 Å². The molecule has 1 aromatic heterocycles. The summed E-state index contributed by atoms with van der Waals surface area (Å²) in [5.74, 6) is 1.54. The van der Waals surface area contributed by atoms with Crippen molar-refractivity contribution in [3.63, 3.8) is 0 Å². The number of hydrazone groups is 1. The molecule has 0 spiro atoms. The number of nitrogens with one attached hydrogen (secondary N) is 2. The number of nitrogens with zero attached hydrogens (tertiary/aromatic N) is 3. The van der Waals surface area contributed by atoms with E-state index in [-0.39, 0.29) is 11.5 Å². The van der Waals surface area contributed by atoms with E-state index in [1.54, 1.807) is 6.92 Å². The maximum Gasteiger partial charge on any atom is 0.274 e. The minimum atomic E-state index is -0.306. The Morgan fingerprint density at radius 2 is 1.92 bits per heavy atom. The molecule has 2 aromatic rings. The average molecular weight is 331 g/mol. The van der Waals surface area contributed by atoms with Crippen molar-refractivity contribution in [3.05, 3.63) is 39.8 Å². The smallest absolute Gasteiger partial charge is 0.274 e. The Hall–Kier alpha value is -2.90. The molecule has 0 unspecified atom stereocenters. The van der Waals surface area contributed by atoms with Gasteiger partial charge in [0.2, 0.25) is 5.95 Å². The molecule has 8 nitrogen and oxygen atoms in total. The predicted molar refractivity (Wildman–Crippen MR) is 92.0 cm³/mol. The second-order valence-electron chi connectivity index (χ2n) is 4.92. The van der Waals surface area contributed by atoms with E-state index in [0.29, 0.717) is 36.1 Å². The van der Waals surface area contributed by atoms with Crippen molar-refractivity contribution in [1.82, 2.24) is 15.2 Å². The zero-order valence-electron chi connectivity index (χ0n) is 14.2. The van der Waals surface area contributed by atoms with Gasteiger partial charge in [0.25, 0.3) is 5.56 Å². The highest BCUT2D eigenvalue weighted by Crippen LogP contribution is 2.28. The third kappa shape index (κ3) is 4.31. The average Bonchev–Trinajstić information content (AvgIpc) is 2.57. The van der Waals surface area contributed by atoms with Crippen LogP contribution in [-0.2, 0) is 0 Å². The van der Waals surface area contributed by atoms with Gasteiger partial charge in [-0.3, -0.25) is 9.78 Å². The zero-order valence-corrected chi connectivity index (χ0v) is 14.2. The minimum absolute atomic E-state index is 0.181. The molecule has 0 amide bonds. The van der Waals surface area contributed by atoms with Gasteiger partial charge in [0.15, 0.2) is 11.5 Å². The largest absolute Gasteiger partial charge is 0.490 e. The second kappa shape index (κ2) is 8.09. The minimum Gasteiger partial charge on any atom is -0.490 e. The molecule has 0 aliphatic heterocycles. The molecular weight excluding hydrogens is 310 g/mol. The molecule has 0 fully saturated rings. The number of hydrogen-bond acceptors (Lipinski definition) is 7. The number of rotatable bonds is 7. The van der Waals surface area contributed by atoms with Gasteiger partial charge in [0.05, 0.1) is 18.9 Å². The summed E-state index contributed by atoms with van der Waals surface area (Å²) in [6.45, 7) is 8.35. The van der Waals surface area contributed by atoms with Crippen molar-refractivity contribution in [2.75, 3.05) is 18.6 Å². The van der Waals surface area contributed by atoms with Crippen molar-refractivity contribution in [1.29, 1.82) is 0 Å². The Kier molecular flexibility index (Phi) is 5.89. The van der Waals surface area contributed by atoms with Gasteiger partial charge in [-0.25, -0.2) is 5.43 Å². The Morgan fingerprint density at radius 1 is 1.21 bits per heavy atom. The van der Waals surface area contributed by atoms with E-state index in [9.17, 15) is 4.79 Å². The summed E-state index contributed by atoms with van der Waals surface area (Å²) in [7, 11) is 0. The Morgan fingerprint density at radius 3 is 2.58 bits per heavy atom. The number of aryl methyl sites for hydroxylation is 1. The van der Waals surface area contributed by atoms with Crippen LogP contribution in [0.2, 0.25) is 0 Å². The number of ether oxygens (including phenoxy) is 2. The molecule has 0 saturated heterocycles. The molecule has 1 heterocycles. The van der Waals surface area contributed by atoms with Gasteiger partial charge in [0.1, 0.15) is 5.69 Å². The van der Waals surface area contributed by atoms with Crippen LogP contribution >= 0.6 is 0 Å². The van der Waals surface area contributed by atoms with Crippen LogP contribution in [-0.4, -0.2) is 34.1 Å². The molecule has 24 heavy (non-hydrogen) atoms. The monoisotopic (exact) mass is 331 g/mol. The first kappa shape index (κ1) is 17.5. The molecule has 0 atom stereocenters. The molecule has 0 aliphatic rings. The van der Waals surface area contributed by atoms with Crippen LogP contribution in [0.25, 0.3) is 0 Å². The molecule has 0 saturated carbocycles. The number of anilines is 1.